The van der Waals surface area contributed by atoms with Crippen molar-refractivity contribution >= 4 is 38.5 Å². The normalized spacial score (nSPS) is 19.1. The van der Waals surface area contributed by atoms with Crippen molar-refractivity contribution in [2.24, 2.45) is 11.3 Å². The summed E-state index contributed by atoms with van der Waals surface area (Å²) in [6.07, 6.45) is 3.41. The predicted octanol–water partition coefficient (Wildman–Crippen LogP) is 2.41. The molecule has 7 nitrogen and oxygen atoms in total. The van der Waals surface area contributed by atoms with E-state index >= 15 is 0 Å². The maximum atomic E-state index is 12.0. The Morgan fingerprint density at radius 2 is 2.16 bits per heavy atom. The highest BCUT2D eigenvalue weighted by molar-refractivity contribution is 7.79. The number of nitrogens with one attached hydrogen (secondary N) is 1. The van der Waals surface area contributed by atoms with Gasteiger partial charge in [-0.15, -0.1) is 11.3 Å². The van der Waals surface area contributed by atoms with E-state index in [1.165, 1.54) is 24.2 Å². The number of aromatic nitrogens is 1. The molecule has 0 spiro atoms. The molecular weight excluding hydrogens is 446 g/mol. The van der Waals surface area contributed by atoms with Gasteiger partial charge in [0.25, 0.3) is 0 Å². The highest BCUT2D eigenvalue weighted by atomic mass is 32.2. The molecule has 2 fully saturated rings. The molecule has 1 saturated heterocycles. The Labute approximate surface area is 193 Å². The van der Waals surface area contributed by atoms with Crippen molar-refractivity contribution < 1.29 is 18.8 Å². The highest BCUT2D eigenvalue weighted by Crippen LogP contribution is 2.32. The molecule has 1 aliphatic heterocycles. The molecule has 1 aromatic heterocycles. The van der Waals surface area contributed by atoms with E-state index in [2.05, 4.69) is 33.6 Å². The molecular formula is C23H25N3O4S2. The van der Waals surface area contributed by atoms with Crippen molar-refractivity contribution in [3.8, 4) is 23.7 Å². The van der Waals surface area contributed by atoms with Crippen LogP contribution in [0.15, 0.2) is 18.2 Å². The Morgan fingerprint density at radius 1 is 1.38 bits per heavy atom. The molecule has 2 heterocycles. The van der Waals surface area contributed by atoms with Gasteiger partial charge in [-0.1, -0.05) is 11.8 Å². The molecule has 1 saturated carbocycles. The monoisotopic (exact) mass is 471 g/mol. The minimum absolute atomic E-state index is 0.259. The zero-order chi connectivity index (χ0) is 22.7. The van der Waals surface area contributed by atoms with E-state index in [1.807, 2.05) is 18.2 Å². The topological polar surface area (TPSA) is 103 Å². The van der Waals surface area contributed by atoms with Gasteiger partial charge in [0.1, 0.15) is 0 Å². The Kier molecular flexibility index (Phi) is 6.94. The third kappa shape index (κ3) is 5.55. The van der Waals surface area contributed by atoms with Crippen molar-refractivity contribution in [2.45, 2.75) is 38.6 Å². The van der Waals surface area contributed by atoms with Crippen LogP contribution >= 0.6 is 11.3 Å². The summed E-state index contributed by atoms with van der Waals surface area (Å²) in [5.74, 6) is 11.8. The maximum absolute atomic E-state index is 12.0. The lowest BCUT2D eigenvalue weighted by Gasteiger charge is -2.36. The molecule has 0 bridgehead atoms. The second-order valence-electron chi connectivity index (χ2n) is 8.66. The first-order valence-electron chi connectivity index (χ1n) is 10.5. The van der Waals surface area contributed by atoms with Crippen LogP contribution in [0, 0.1) is 35.0 Å². The summed E-state index contributed by atoms with van der Waals surface area (Å²) >= 11 is -0.653. The van der Waals surface area contributed by atoms with Gasteiger partial charge in [-0.25, -0.2) is 14.7 Å². The average Bonchev–Trinajstić information content (AvgIpc) is 3.47. The van der Waals surface area contributed by atoms with Gasteiger partial charge in [-0.3, -0.25) is 14.9 Å². The fraction of sp³-hybridized carbons (Fsp3) is 0.478. The summed E-state index contributed by atoms with van der Waals surface area (Å²) < 4.78 is 21.5. The Bertz CT molecular complexity index is 1160. The first kappa shape index (κ1) is 22.9. The standard InChI is InChI=1S/C23H25N3O4S2/c1-23(15-32(29)30,22(27)25-28)11-10-21-24-19-9-6-16(12-20(19)31-21)4-2-3-5-17-13-26(14-17)18-7-8-18/h6,9,12,17-18,28H,7-8,10-11,13-15H2,1H3,(H,25,27)(H,29,30)/t23-/m0/s1. The van der Waals surface area contributed by atoms with E-state index in [9.17, 15) is 13.6 Å². The van der Waals surface area contributed by atoms with Crippen LogP contribution in [0.25, 0.3) is 10.2 Å². The number of rotatable bonds is 7. The van der Waals surface area contributed by atoms with E-state index in [1.54, 1.807) is 12.4 Å². The smallest absolute Gasteiger partial charge is 0.250 e. The average molecular weight is 472 g/mol. The van der Waals surface area contributed by atoms with Crippen LogP contribution in [0.4, 0.5) is 0 Å². The van der Waals surface area contributed by atoms with E-state index in [-0.39, 0.29) is 12.2 Å². The number of fused-ring (bicyclic) bond motifs is 1. The molecule has 1 aliphatic carbocycles. The summed E-state index contributed by atoms with van der Waals surface area (Å²) in [6, 6.07) is 6.62. The third-order valence-corrected chi connectivity index (χ3v) is 7.90. The number of likely N-dealkylation sites (tertiary alicyclic amines) is 1. The van der Waals surface area contributed by atoms with Crippen molar-refractivity contribution in [3.05, 3.63) is 28.8 Å². The lowest BCUT2D eigenvalue weighted by Crippen LogP contribution is -2.47. The Hall–Kier alpha value is -2.27. The van der Waals surface area contributed by atoms with Gasteiger partial charge in [0.15, 0.2) is 11.1 Å². The lowest BCUT2D eigenvalue weighted by atomic mass is 9.87. The van der Waals surface area contributed by atoms with E-state index < -0.39 is 22.4 Å². The van der Waals surface area contributed by atoms with Gasteiger partial charge in [-0.05, 0) is 56.2 Å². The van der Waals surface area contributed by atoms with Crippen molar-refractivity contribution in [1.29, 1.82) is 0 Å². The van der Waals surface area contributed by atoms with Crippen LogP contribution in [0.1, 0.15) is 36.8 Å². The van der Waals surface area contributed by atoms with Crippen LogP contribution in [-0.4, -0.2) is 54.6 Å². The first-order chi connectivity index (χ1) is 15.4. The summed E-state index contributed by atoms with van der Waals surface area (Å²) in [4.78, 5) is 19.1. The van der Waals surface area contributed by atoms with Crippen molar-refractivity contribution in [2.75, 3.05) is 18.8 Å². The third-order valence-electron chi connectivity index (χ3n) is 5.93. The number of aryl methyl sites for hydroxylation is 1. The van der Waals surface area contributed by atoms with Gasteiger partial charge in [0.05, 0.1) is 26.4 Å². The van der Waals surface area contributed by atoms with Gasteiger partial charge < -0.3 is 4.55 Å². The maximum Gasteiger partial charge on any atom is 0.250 e. The molecule has 0 radical (unpaired) electrons. The minimum atomic E-state index is -2.16. The van der Waals surface area contributed by atoms with Gasteiger partial charge in [0, 0.05) is 37.0 Å². The molecule has 2 aliphatic rings. The van der Waals surface area contributed by atoms with Crippen LogP contribution in [0.3, 0.4) is 0 Å². The van der Waals surface area contributed by atoms with Crippen LogP contribution < -0.4 is 5.48 Å². The minimum Gasteiger partial charge on any atom is -0.306 e. The first-order valence-corrected chi connectivity index (χ1v) is 12.6. The number of thiazole rings is 1. The second-order valence-corrected chi connectivity index (χ2v) is 10.7. The molecule has 1 unspecified atom stereocenters. The number of nitrogens with zero attached hydrogens (tertiary/aromatic N) is 2. The molecule has 4 rings (SSSR count). The number of hydrogen-bond donors (Lipinski definition) is 3. The molecule has 9 heteroatoms. The molecule has 32 heavy (non-hydrogen) atoms. The molecule has 1 amide bonds. The fourth-order valence-electron chi connectivity index (χ4n) is 3.78. The second kappa shape index (κ2) is 9.70. The molecule has 1 aromatic carbocycles. The van der Waals surface area contributed by atoms with Crippen molar-refractivity contribution in [3.63, 3.8) is 0 Å². The summed E-state index contributed by atoms with van der Waals surface area (Å²) in [6.45, 7) is 3.70. The summed E-state index contributed by atoms with van der Waals surface area (Å²) in [7, 11) is 0. The lowest BCUT2D eigenvalue weighted by molar-refractivity contribution is -0.138. The van der Waals surface area contributed by atoms with Crippen LogP contribution in [0.2, 0.25) is 0 Å². The molecule has 2 atom stereocenters. The Balaban J connectivity index is 1.38. The van der Waals surface area contributed by atoms with Crippen molar-refractivity contribution in [1.82, 2.24) is 15.4 Å². The summed E-state index contributed by atoms with van der Waals surface area (Å²) in [5.41, 5.74) is 2.14. The number of carbonyl (C=O) groups excluding carboxylic acids is 1. The number of hydrogen-bond acceptors (Lipinski definition) is 6. The van der Waals surface area contributed by atoms with Gasteiger partial charge in [0.2, 0.25) is 5.91 Å². The fourth-order valence-corrected chi connectivity index (χ4v) is 5.61. The van der Waals surface area contributed by atoms with E-state index in [4.69, 9.17) is 5.21 Å². The Morgan fingerprint density at radius 3 is 2.84 bits per heavy atom. The van der Waals surface area contributed by atoms with E-state index in [0.717, 1.165) is 39.9 Å². The number of benzene rings is 1. The van der Waals surface area contributed by atoms with Gasteiger partial charge >= 0.3 is 0 Å². The van der Waals surface area contributed by atoms with E-state index in [0.29, 0.717) is 12.3 Å². The quantitative estimate of drug-likeness (QED) is 0.248. The number of amides is 1. The molecule has 3 N–H and O–H groups in total. The largest absolute Gasteiger partial charge is 0.306 e. The van der Waals surface area contributed by atoms with Crippen LogP contribution in [0.5, 0.6) is 0 Å². The predicted molar refractivity (Wildman–Crippen MR) is 124 cm³/mol. The highest BCUT2D eigenvalue weighted by Gasteiger charge is 2.37. The zero-order valence-electron chi connectivity index (χ0n) is 17.8. The molecule has 168 valence electrons. The molecule has 2 aromatic rings. The SMILES string of the molecule is C[C@](CCc1nc2ccc(C#CC#CC3CN(C4CC4)C3)cc2s1)(CS(=O)O)C(=O)NO. The van der Waals surface area contributed by atoms with Gasteiger partial charge in [-0.2, -0.15) is 0 Å². The van der Waals surface area contributed by atoms with Crippen LogP contribution in [-0.2, 0) is 22.3 Å². The summed E-state index contributed by atoms with van der Waals surface area (Å²) in [5, 5.41) is 9.80. The number of hydroxylamine groups is 1. The zero-order valence-corrected chi connectivity index (χ0v) is 19.4. The number of carbonyl (C=O) groups is 1.